The predicted octanol–water partition coefficient (Wildman–Crippen LogP) is 1.44. The fourth-order valence-electron chi connectivity index (χ4n) is 3.65. The van der Waals surface area contributed by atoms with Crippen LogP contribution in [-0.2, 0) is 9.53 Å². The van der Waals surface area contributed by atoms with Crippen molar-refractivity contribution in [2.75, 3.05) is 6.67 Å². The minimum Gasteiger partial charge on any atom is -0.373 e. The van der Waals surface area contributed by atoms with Crippen LogP contribution in [0.2, 0.25) is 0 Å². The van der Waals surface area contributed by atoms with Gasteiger partial charge in [0, 0.05) is 0 Å². The zero-order chi connectivity index (χ0) is 12.8. The average Bonchev–Trinajstić information content (AvgIpc) is 3.14. The average molecular weight is 258 g/mol. The Morgan fingerprint density at radius 3 is 2.74 bits per heavy atom. The lowest BCUT2D eigenvalue weighted by atomic mass is 9.94. The molecule has 2 bridgehead atoms. The van der Waals surface area contributed by atoms with Crippen LogP contribution in [0.5, 0.6) is 0 Å². The number of nitrogens with zero attached hydrogens (tertiary/aromatic N) is 1. The van der Waals surface area contributed by atoms with Crippen molar-refractivity contribution >= 4 is 5.91 Å². The molecule has 0 aromatic heterocycles. The standard InChI is InChI=1S/C15H18N2O2/c18-15-14(10-4-2-1-3-5-10)16-9-17(15)12-8-11-6-7-13(12)19-11/h1-5,11-14,16H,6-9H2. The maximum absolute atomic E-state index is 12.6. The molecule has 1 aromatic rings. The van der Waals surface area contributed by atoms with Gasteiger partial charge in [0.25, 0.3) is 0 Å². The van der Waals surface area contributed by atoms with Crippen molar-refractivity contribution in [1.29, 1.82) is 0 Å². The number of ether oxygens (including phenoxy) is 1. The summed E-state index contributed by atoms with van der Waals surface area (Å²) in [6, 6.07) is 10.1. The molecular weight excluding hydrogens is 240 g/mol. The van der Waals surface area contributed by atoms with Gasteiger partial charge in [-0.3, -0.25) is 10.1 Å². The Bertz CT molecular complexity index is 490. The van der Waals surface area contributed by atoms with Crippen LogP contribution in [0, 0.1) is 0 Å². The molecular formula is C15H18N2O2. The molecule has 4 atom stereocenters. The number of hydrogen-bond donors (Lipinski definition) is 1. The number of fused-ring (bicyclic) bond motifs is 2. The highest BCUT2D eigenvalue weighted by atomic mass is 16.5. The van der Waals surface area contributed by atoms with Crippen molar-refractivity contribution in [3.05, 3.63) is 35.9 Å². The van der Waals surface area contributed by atoms with Crippen molar-refractivity contribution in [3.63, 3.8) is 0 Å². The normalized spacial score (nSPS) is 37.3. The third kappa shape index (κ3) is 1.78. The SMILES string of the molecule is O=C1C(c2ccccc2)NCN1C1CC2CCC1O2. The number of benzene rings is 1. The molecule has 0 saturated carbocycles. The molecule has 1 amide bonds. The van der Waals surface area contributed by atoms with Crippen molar-refractivity contribution in [1.82, 2.24) is 10.2 Å². The molecule has 3 aliphatic heterocycles. The van der Waals surface area contributed by atoms with Gasteiger partial charge in [-0.15, -0.1) is 0 Å². The van der Waals surface area contributed by atoms with Gasteiger partial charge >= 0.3 is 0 Å². The third-order valence-electron chi connectivity index (χ3n) is 4.60. The number of carbonyl (C=O) groups excluding carboxylic acids is 1. The second-order valence-electron chi connectivity index (χ2n) is 5.69. The Morgan fingerprint density at radius 2 is 2.05 bits per heavy atom. The summed E-state index contributed by atoms with van der Waals surface area (Å²) in [7, 11) is 0. The summed E-state index contributed by atoms with van der Waals surface area (Å²) in [6.07, 6.45) is 3.94. The largest absolute Gasteiger partial charge is 0.373 e. The first kappa shape index (κ1) is 11.4. The Hall–Kier alpha value is -1.39. The van der Waals surface area contributed by atoms with Crippen LogP contribution in [0.1, 0.15) is 30.9 Å². The lowest BCUT2D eigenvalue weighted by molar-refractivity contribution is -0.131. The third-order valence-corrected chi connectivity index (χ3v) is 4.60. The van der Waals surface area contributed by atoms with Gasteiger partial charge in [-0.25, -0.2) is 0 Å². The number of nitrogens with one attached hydrogen (secondary N) is 1. The Balaban J connectivity index is 1.53. The molecule has 19 heavy (non-hydrogen) atoms. The summed E-state index contributed by atoms with van der Waals surface area (Å²) < 4.78 is 5.86. The molecule has 1 aromatic carbocycles. The molecule has 4 rings (SSSR count). The zero-order valence-electron chi connectivity index (χ0n) is 10.8. The second-order valence-corrected chi connectivity index (χ2v) is 5.69. The fourth-order valence-corrected chi connectivity index (χ4v) is 3.65. The van der Waals surface area contributed by atoms with Gasteiger partial charge in [-0.2, -0.15) is 0 Å². The van der Waals surface area contributed by atoms with Crippen LogP contribution in [0.3, 0.4) is 0 Å². The molecule has 4 unspecified atom stereocenters. The maximum Gasteiger partial charge on any atom is 0.245 e. The zero-order valence-corrected chi connectivity index (χ0v) is 10.8. The summed E-state index contributed by atoms with van der Waals surface area (Å²) in [5, 5.41) is 3.33. The molecule has 0 aliphatic carbocycles. The number of amides is 1. The van der Waals surface area contributed by atoms with Crippen LogP contribution in [0.25, 0.3) is 0 Å². The molecule has 3 saturated heterocycles. The first-order valence-corrected chi connectivity index (χ1v) is 7.07. The minimum absolute atomic E-state index is 0.180. The topological polar surface area (TPSA) is 41.6 Å². The molecule has 0 radical (unpaired) electrons. The first-order valence-electron chi connectivity index (χ1n) is 7.07. The van der Waals surface area contributed by atoms with Gasteiger partial charge in [0.1, 0.15) is 6.04 Å². The van der Waals surface area contributed by atoms with Gasteiger partial charge in [0.15, 0.2) is 0 Å². The van der Waals surface area contributed by atoms with Gasteiger partial charge in [0.05, 0.1) is 24.9 Å². The van der Waals surface area contributed by atoms with Gasteiger partial charge in [-0.1, -0.05) is 30.3 Å². The lowest BCUT2D eigenvalue weighted by Gasteiger charge is -2.28. The summed E-state index contributed by atoms with van der Waals surface area (Å²) in [5.41, 5.74) is 1.05. The second kappa shape index (κ2) is 4.32. The molecule has 4 nitrogen and oxygen atoms in total. The van der Waals surface area contributed by atoms with Crippen molar-refractivity contribution in [2.24, 2.45) is 0 Å². The highest BCUT2D eigenvalue weighted by molar-refractivity contribution is 5.85. The quantitative estimate of drug-likeness (QED) is 0.872. The minimum atomic E-state index is -0.180. The fraction of sp³-hybridized carbons (Fsp3) is 0.533. The molecule has 1 N–H and O–H groups in total. The molecule has 4 heteroatoms. The van der Waals surface area contributed by atoms with Crippen LogP contribution in [0.15, 0.2) is 30.3 Å². The summed E-state index contributed by atoms with van der Waals surface area (Å²) in [4.78, 5) is 14.6. The number of rotatable bonds is 2. The van der Waals surface area contributed by atoms with E-state index in [1.165, 1.54) is 6.42 Å². The molecule has 3 fully saturated rings. The maximum atomic E-state index is 12.6. The van der Waals surface area contributed by atoms with E-state index in [0.29, 0.717) is 12.8 Å². The van der Waals surface area contributed by atoms with E-state index in [-0.39, 0.29) is 24.1 Å². The van der Waals surface area contributed by atoms with Crippen LogP contribution in [-0.4, -0.2) is 35.7 Å². The molecule has 3 aliphatic rings. The van der Waals surface area contributed by atoms with E-state index in [0.717, 1.165) is 18.4 Å². The predicted molar refractivity (Wildman–Crippen MR) is 70.3 cm³/mol. The van der Waals surface area contributed by atoms with Crippen LogP contribution in [0.4, 0.5) is 0 Å². The smallest absolute Gasteiger partial charge is 0.245 e. The van der Waals surface area contributed by atoms with E-state index >= 15 is 0 Å². The number of hydrogen-bond acceptors (Lipinski definition) is 3. The van der Waals surface area contributed by atoms with Gasteiger partial charge in [-0.05, 0) is 24.8 Å². The summed E-state index contributed by atoms with van der Waals surface area (Å²) in [5.74, 6) is 0.201. The van der Waals surface area contributed by atoms with Gasteiger partial charge in [0.2, 0.25) is 5.91 Å². The Labute approximate surface area is 112 Å². The summed E-state index contributed by atoms with van der Waals surface area (Å²) in [6.45, 7) is 0.648. The highest BCUT2D eigenvalue weighted by Gasteiger charge is 2.47. The Morgan fingerprint density at radius 1 is 1.21 bits per heavy atom. The van der Waals surface area contributed by atoms with E-state index in [9.17, 15) is 4.79 Å². The van der Waals surface area contributed by atoms with Crippen molar-refractivity contribution in [2.45, 2.75) is 43.6 Å². The van der Waals surface area contributed by atoms with E-state index in [1.807, 2.05) is 35.2 Å². The van der Waals surface area contributed by atoms with Crippen molar-refractivity contribution < 1.29 is 9.53 Å². The highest BCUT2D eigenvalue weighted by Crippen LogP contribution is 2.38. The number of carbonyl (C=O) groups is 1. The lowest BCUT2D eigenvalue weighted by Crippen LogP contribution is -2.43. The first-order chi connectivity index (χ1) is 9.33. The molecule has 0 spiro atoms. The van der Waals surface area contributed by atoms with E-state index < -0.39 is 0 Å². The van der Waals surface area contributed by atoms with Crippen molar-refractivity contribution in [3.8, 4) is 0 Å². The molecule has 3 heterocycles. The monoisotopic (exact) mass is 258 g/mol. The van der Waals surface area contributed by atoms with E-state index in [2.05, 4.69) is 5.32 Å². The summed E-state index contributed by atoms with van der Waals surface area (Å²) >= 11 is 0. The van der Waals surface area contributed by atoms with E-state index in [4.69, 9.17) is 4.74 Å². The van der Waals surface area contributed by atoms with Crippen LogP contribution < -0.4 is 5.32 Å². The van der Waals surface area contributed by atoms with Crippen LogP contribution >= 0.6 is 0 Å². The molecule has 100 valence electrons. The van der Waals surface area contributed by atoms with Gasteiger partial charge < -0.3 is 9.64 Å². The Kier molecular flexibility index (Phi) is 2.60. The van der Waals surface area contributed by atoms with E-state index in [1.54, 1.807) is 0 Å².